The van der Waals surface area contributed by atoms with Crippen LogP contribution in [0, 0.1) is 0 Å². The molecule has 80 valence electrons. The average Bonchev–Trinajstić information content (AvgIpc) is 2.19. The first-order chi connectivity index (χ1) is 6.56. The first-order valence-electron chi connectivity index (χ1n) is 4.70. The molecule has 0 radical (unpaired) electrons. The predicted molar refractivity (Wildman–Crippen MR) is 50.5 cm³/mol. The van der Waals surface area contributed by atoms with Crippen LogP contribution in [0.25, 0.3) is 0 Å². The molecule has 1 N–H and O–H groups in total. The Morgan fingerprint density at radius 1 is 1.43 bits per heavy atom. The highest BCUT2D eigenvalue weighted by atomic mass is 16.3. The van der Waals surface area contributed by atoms with Gasteiger partial charge in [0.2, 0.25) is 11.8 Å². The third-order valence-corrected chi connectivity index (χ3v) is 2.46. The maximum Gasteiger partial charge on any atom is 0.232 e. The second-order valence-corrected chi connectivity index (χ2v) is 3.61. The van der Waals surface area contributed by atoms with Gasteiger partial charge in [-0.15, -0.1) is 0 Å². The van der Waals surface area contributed by atoms with Gasteiger partial charge in [-0.3, -0.25) is 9.59 Å². The first kappa shape index (κ1) is 11.0. The number of hydrogen-bond donors (Lipinski definition) is 1. The zero-order valence-electron chi connectivity index (χ0n) is 8.56. The number of likely N-dealkylation sites (N-methyl/N-ethyl adjacent to an activating group) is 1. The van der Waals surface area contributed by atoms with E-state index in [4.69, 9.17) is 5.11 Å². The Bertz CT molecular complexity index is 242. The Morgan fingerprint density at radius 2 is 2.07 bits per heavy atom. The number of carbonyl (C=O) groups excluding carboxylic acids is 2. The minimum Gasteiger partial charge on any atom is -0.395 e. The molecule has 1 heterocycles. The van der Waals surface area contributed by atoms with Gasteiger partial charge in [0.25, 0.3) is 0 Å². The van der Waals surface area contributed by atoms with Crippen molar-refractivity contribution in [1.29, 1.82) is 0 Å². The maximum atomic E-state index is 11.5. The fraction of sp³-hybridized carbons (Fsp3) is 0.778. The van der Waals surface area contributed by atoms with Crippen molar-refractivity contribution in [1.82, 2.24) is 9.80 Å². The molecule has 1 saturated heterocycles. The van der Waals surface area contributed by atoms with E-state index in [2.05, 4.69) is 0 Å². The summed E-state index contributed by atoms with van der Waals surface area (Å²) >= 11 is 0. The summed E-state index contributed by atoms with van der Waals surface area (Å²) in [5.41, 5.74) is 0. The number of amides is 2. The van der Waals surface area contributed by atoms with Gasteiger partial charge < -0.3 is 14.9 Å². The van der Waals surface area contributed by atoms with E-state index in [1.165, 1.54) is 0 Å². The Hall–Kier alpha value is -1.10. The van der Waals surface area contributed by atoms with Crippen molar-refractivity contribution < 1.29 is 14.7 Å². The summed E-state index contributed by atoms with van der Waals surface area (Å²) in [5.74, 6) is -0.344. The molecule has 1 unspecified atom stereocenters. The fourth-order valence-electron chi connectivity index (χ4n) is 1.66. The molecule has 0 saturated carbocycles. The van der Waals surface area contributed by atoms with Crippen molar-refractivity contribution in [2.45, 2.75) is 19.4 Å². The summed E-state index contributed by atoms with van der Waals surface area (Å²) in [6.07, 6.45) is -0.0825. The standard InChI is InChI=1S/C9H16N2O3/c1-7-6-10(2)8(13)5-9(14)11(7)3-4-12/h7,12H,3-6H2,1-2H3. The summed E-state index contributed by atoms with van der Waals surface area (Å²) in [7, 11) is 1.69. The number of rotatable bonds is 2. The predicted octanol–water partition coefficient (Wildman–Crippen LogP) is -0.942. The van der Waals surface area contributed by atoms with Gasteiger partial charge in [-0.1, -0.05) is 0 Å². The van der Waals surface area contributed by atoms with Crippen LogP contribution >= 0.6 is 0 Å². The highest BCUT2D eigenvalue weighted by Gasteiger charge is 2.28. The summed E-state index contributed by atoms with van der Waals surface area (Å²) in [6.45, 7) is 2.66. The molecule has 0 aromatic carbocycles. The van der Waals surface area contributed by atoms with Crippen LogP contribution in [0.4, 0.5) is 0 Å². The van der Waals surface area contributed by atoms with Gasteiger partial charge in [-0.2, -0.15) is 0 Å². The number of β-amino-alcohol motifs (C(OH)–C–C–N with tert-alkyl or cyclic N) is 1. The topological polar surface area (TPSA) is 60.9 Å². The van der Waals surface area contributed by atoms with Crippen molar-refractivity contribution >= 4 is 11.8 Å². The van der Waals surface area contributed by atoms with Gasteiger partial charge >= 0.3 is 0 Å². The van der Waals surface area contributed by atoms with Gasteiger partial charge in [-0.25, -0.2) is 0 Å². The zero-order chi connectivity index (χ0) is 10.7. The molecule has 0 bridgehead atoms. The van der Waals surface area contributed by atoms with Crippen LogP contribution in [0.1, 0.15) is 13.3 Å². The Kier molecular flexibility index (Phi) is 3.46. The van der Waals surface area contributed by atoms with Crippen molar-refractivity contribution in [2.24, 2.45) is 0 Å². The maximum absolute atomic E-state index is 11.5. The van der Waals surface area contributed by atoms with Crippen molar-refractivity contribution in [2.75, 3.05) is 26.7 Å². The van der Waals surface area contributed by atoms with Gasteiger partial charge in [0, 0.05) is 26.2 Å². The van der Waals surface area contributed by atoms with Gasteiger partial charge in [-0.05, 0) is 6.92 Å². The number of nitrogens with zero attached hydrogens (tertiary/aromatic N) is 2. The van der Waals surface area contributed by atoms with E-state index in [0.29, 0.717) is 13.1 Å². The Labute approximate surface area is 83.3 Å². The van der Waals surface area contributed by atoms with Crippen LogP contribution < -0.4 is 0 Å². The lowest BCUT2D eigenvalue weighted by Gasteiger charge is -2.27. The van der Waals surface area contributed by atoms with E-state index in [1.54, 1.807) is 16.8 Å². The Morgan fingerprint density at radius 3 is 2.64 bits per heavy atom. The SMILES string of the molecule is CC1CN(C)C(=O)CC(=O)N1CCO. The highest BCUT2D eigenvalue weighted by Crippen LogP contribution is 2.10. The summed E-state index contributed by atoms with van der Waals surface area (Å²) < 4.78 is 0. The molecule has 0 aromatic heterocycles. The molecule has 1 rings (SSSR count). The molecule has 0 aromatic rings. The van der Waals surface area contributed by atoms with Crippen molar-refractivity contribution in [3.8, 4) is 0 Å². The van der Waals surface area contributed by atoms with Crippen LogP contribution in [0.15, 0.2) is 0 Å². The minimum atomic E-state index is -0.194. The van der Waals surface area contributed by atoms with Gasteiger partial charge in [0.05, 0.1) is 6.61 Å². The number of hydrogen-bond acceptors (Lipinski definition) is 3. The molecule has 0 spiro atoms. The summed E-state index contributed by atoms with van der Waals surface area (Å²) in [4.78, 5) is 26.0. The monoisotopic (exact) mass is 200 g/mol. The van der Waals surface area contributed by atoms with E-state index >= 15 is 0 Å². The molecule has 14 heavy (non-hydrogen) atoms. The van der Waals surface area contributed by atoms with Crippen LogP contribution in [0.3, 0.4) is 0 Å². The summed E-state index contributed by atoms with van der Waals surface area (Å²) in [6, 6.07) is -0.0221. The lowest BCUT2D eigenvalue weighted by Crippen LogP contribution is -2.42. The van der Waals surface area contributed by atoms with Crippen LogP contribution in [0.2, 0.25) is 0 Å². The highest BCUT2D eigenvalue weighted by molar-refractivity contribution is 5.97. The third kappa shape index (κ3) is 2.23. The molecule has 0 aliphatic carbocycles. The molecule has 5 heteroatoms. The lowest BCUT2D eigenvalue weighted by atomic mass is 10.2. The van der Waals surface area contributed by atoms with Crippen LogP contribution in [-0.4, -0.2) is 59.5 Å². The van der Waals surface area contributed by atoms with E-state index in [1.807, 2.05) is 6.92 Å². The molecule has 1 fully saturated rings. The number of carbonyl (C=O) groups is 2. The fourth-order valence-corrected chi connectivity index (χ4v) is 1.66. The zero-order valence-corrected chi connectivity index (χ0v) is 8.56. The lowest BCUT2D eigenvalue weighted by molar-refractivity contribution is -0.137. The van der Waals surface area contributed by atoms with Crippen LogP contribution in [-0.2, 0) is 9.59 Å². The molecular weight excluding hydrogens is 184 g/mol. The quantitative estimate of drug-likeness (QED) is 0.585. The number of aliphatic hydroxyl groups is 1. The second kappa shape index (κ2) is 4.41. The second-order valence-electron chi connectivity index (χ2n) is 3.61. The normalized spacial score (nSPS) is 24.1. The van der Waals surface area contributed by atoms with E-state index in [9.17, 15) is 9.59 Å². The van der Waals surface area contributed by atoms with Crippen molar-refractivity contribution in [3.05, 3.63) is 0 Å². The van der Waals surface area contributed by atoms with E-state index < -0.39 is 0 Å². The van der Waals surface area contributed by atoms with E-state index in [0.717, 1.165) is 0 Å². The van der Waals surface area contributed by atoms with Gasteiger partial charge in [0.1, 0.15) is 6.42 Å². The van der Waals surface area contributed by atoms with Crippen molar-refractivity contribution in [3.63, 3.8) is 0 Å². The molecule has 2 amide bonds. The number of aliphatic hydroxyl groups excluding tert-OH is 1. The minimum absolute atomic E-state index is 0.0221. The summed E-state index contributed by atoms with van der Waals surface area (Å²) in [5, 5.41) is 8.79. The Balaban J connectivity index is 2.75. The van der Waals surface area contributed by atoms with E-state index in [-0.39, 0.29) is 30.9 Å². The third-order valence-electron chi connectivity index (χ3n) is 2.46. The largest absolute Gasteiger partial charge is 0.395 e. The average molecular weight is 200 g/mol. The molecule has 1 aliphatic rings. The first-order valence-corrected chi connectivity index (χ1v) is 4.70. The van der Waals surface area contributed by atoms with Crippen LogP contribution in [0.5, 0.6) is 0 Å². The van der Waals surface area contributed by atoms with Gasteiger partial charge in [0.15, 0.2) is 0 Å². The smallest absolute Gasteiger partial charge is 0.232 e. The molecule has 1 aliphatic heterocycles. The molecular formula is C9H16N2O3. The molecule has 1 atom stereocenters. The molecule has 5 nitrogen and oxygen atoms in total.